The maximum absolute atomic E-state index is 9.46. The van der Waals surface area contributed by atoms with Crippen LogP contribution in [0.5, 0.6) is 0 Å². The van der Waals surface area contributed by atoms with E-state index in [1.54, 1.807) is 0 Å². The Labute approximate surface area is 627 Å². The number of hydrogen-bond acceptors (Lipinski definition) is 2. The molecule has 0 fully saturated rings. The van der Waals surface area contributed by atoms with E-state index in [0.717, 1.165) is 101 Å². The van der Waals surface area contributed by atoms with E-state index in [2.05, 4.69) is 401 Å². The van der Waals surface area contributed by atoms with Gasteiger partial charge in [0.1, 0.15) is 0 Å². The standard InChI is InChI=1S/C100H77BN2Si2/c1-100(2,3)80-68-97-99-98(69-80)103(94-64-59-79(74-39-17-6-18-40-74)67-90(94)76-43-21-8-22-44-76)96-71-88(105(83-51-27-11-28-52-83,84-53-29-12-30-54-84)86-56-34-46-78(66-86)73-37-15-5-16-38-73)61-63-92(96)101(99)91-62-60-87(70-95(91)102(97)93-58-32-31-57-89(93)75-41-19-7-20-42-75)104(81-47-23-9-24-48-81,82-49-25-10-26-50-82)85-55-33-45-77(65-85)72-35-13-4-14-36-72/h4-71H,1-3H3/i6D,17D,18D,39D,40D. The molecular formula is C100H77BN2Si2. The number of fused-ring (bicyclic) bond motifs is 4. The Morgan fingerprint density at radius 2 is 0.590 bits per heavy atom. The molecule has 0 spiro atoms. The highest BCUT2D eigenvalue weighted by atomic mass is 28.3. The van der Waals surface area contributed by atoms with Crippen LogP contribution in [0.1, 0.15) is 33.2 Å². The molecule has 2 aliphatic heterocycles. The van der Waals surface area contributed by atoms with E-state index in [1.807, 2.05) is 12.1 Å². The molecule has 498 valence electrons. The van der Waals surface area contributed by atoms with Crippen LogP contribution in [0.15, 0.2) is 412 Å². The number of nitrogens with zero attached hydrogens (tertiary/aromatic N) is 2. The summed E-state index contributed by atoms with van der Waals surface area (Å²) < 4.78 is 45.6. The van der Waals surface area contributed by atoms with Crippen LogP contribution in [-0.2, 0) is 5.41 Å². The fourth-order valence-electron chi connectivity index (χ4n) is 16.9. The van der Waals surface area contributed by atoms with Gasteiger partial charge in [-0.1, -0.05) is 391 Å². The van der Waals surface area contributed by atoms with E-state index in [-0.39, 0.29) is 36.4 Å². The third-order valence-electron chi connectivity index (χ3n) is 21.8. The lowest BCUT2D eigenvalue weighted by molar-refractivity contribution is 0.590. The summed E-state index contributed by atoms with van der Waals surface area (Å²) in [6.45, 7) is 6.63. The predicted octanol–water partition coefficient (Wildman–Crippen LogP) is 18.2. The monoisotopic (exact) mass is 1380 g/mol. The fraction of sp³-hybridized carbons (Fsp3) is 0.0400. The van der Waals surface area contributed by atoms with Gasteiger partial charge in [-0.15, -0.1) is 0 Å². The highest BCUT2D eigenvalue weighted by molar-refractivity contribution is 7.21. The van der Waals surface area contributed by atoms with E-state index >= 15 is 0 Å². The zero-order valence-electron chi connectivity index (χ0n) is 63.8. The van der Waals surface area contributed by atoms with Crippen LogP contribution in [-0.4, -0.2) is 22.9 Å². The Hall–Kier alpha value is -12.4. The Bertz CT molecular complexity index is 6040. The molecule has 2 aliphatic rings. The number of benzene rings is 16. The maximum atomic E-state index is 9.46. The molecule has 105 heavy (non-hydrogen) atoms. The highest BCUT2D eigenvalue weighted by Crippen LogP contribution is 2.50. The summed E-state index contributed by atoms with van der Waals surface area (Å²) in [6.07, 6.45) is 0. The van der Waals surface area contributed by atoms with Crippen molar-refractivity contribution in [2.45, 2.75) is 26.2 Å². The quantitative estimate of drug-likeness (QED) is 0.0746. The average Bonchev–Trinajstić information content (AvgIpc) is 0.679. The minimum Gasteiger partial charge on any atom is -0.311 e. The molecule has 0 radical (unpaired) electrons. The Morgan fingerprint density at radius 3 is 1.02 bits per heavy atom. The summed E-state index contributed by atoms with van der Waals surface area (Å²) in [5, 5.41) is 9.99. The molecule has 0 bridgehead atoms. The van der Waals surface area contributed by atoms with Crippen molar-refractivity contribution in [3.05, 3.63) is 418 Å². The first-order chi connectivity index (χ1) is 53.8. The van der Waals surface area contributed by atoms with E-state index in [4.69, 9.17) is 4.11 Å². The second kappa shape index (κ2) is 27.1. The Kier molecular flexibility index (Phi) is 15.3. The van der Waals surface area contributed by atoms with Gasteiger partial charge >= 0.3 is 0 Å². The molecule has 2 nitrogen and oxygen atoms in total. The lowest BCUT2D eigenvalue weighted by Crippen LogP contribution is -2.75. The van der Waals surface area contributed by atoms with Gasteiger partial charge in [0.15, 0.2) is 16.1 Å². The minimum absolute atomic E-state index is 0.145. The van der Waals surface area contributed by atoms with Gasteiger partial charge < -0.3 is 9.80 Å². The number of anilines is 6. The normalized spacial score (nSPS) is 13.1. The average molecular weight is 1380 g/mol. The highest BCUT2D eigenvalue weighted by Gasteiger charge is 2.49. The van der Waals surface area contributed by atoms with Crippen molar-refractivity contribution in [3.63, 3.8) is 0 Å². The third kappa shape index (κ3) is 11.3. The molecule has 0 amide bonds. The van der Waals surface area contributed by atoms with Crippen molar-refractivity contribution in [3.8, 4) is 55.6 Å². The third-order valence-corrected chi connectivity index (χ3v) is 31.3. The van der Waals surface area contributed by atoms with Gasteiger partial charge in [0.05, 0.1) is 18.2 Å². The topological polar surface area (TPSA) is 6.48 Å². The second-order valence-electron chi connectivity index (χ2n) is 28.7. The van der Waals surface area contributed by atoms with Gasteiger partial charge in [-0.25, -0.2) is 0 Å². The molecule has 0 saturated carbocycles. The zero-order valence-corrected chi connectivity index (χ0v) is 60.8. The van der Waals surface area contributed by atoms with Crippen LogP contribution in [0, 0.1) is 0 Å². The van der Waals surface area contributed by atoms with Crippen molar-refractivity contribution in [1.82, 2.24) is 0 Å². The van der Waals surface area contributed by atoms with Crippen LogP contribution in [0.3, 0.4) is 0 Å². The van der Waals surface area contributed by atoms with Gasteiger partial charge in [-0.05, 0) is 156 Å². The second-order valence-corrected chi connectivity index (χ2v) is 36.3. The first-order valence-corrected chi connectivity index (χ1v) is 40.3. The lowest BCUT2D eigenvalue weighted by atomic mass is 9.33. The van der Waals surface area contributed by atoms with E-state index in [0.29, 0.717) is 5.56 Å². The molecule has 0 N–H and O–H groups in total. The van der Waals surface area contributed by atoms with Crippen LogP contribution >= 0.6 is 0 Å². The predicted molar refractivity (Wildman–Crippen MR) is 454 cm³/mol. The summed E-state index contributed by atoms with van der Waals surface area (Å²) in [4.78, 5) is 5.15. The van der Waals surface area contributed by atoms with Crippen molar-refractivity contribution >= 4 is 115 Å². The van der Waals surface area contributed by atoms with E-state index in [9.17, 15) is 2.74 Å². The molecule has 0 aromatic heterocycles. The summed E-state index contributed by atoms with van der Waals surface area (Å²) >= 11 is 0. The largest absolute Gasteiger partial charge is 0.311 e. The molecule has 16 aromatic rings. The van der Waals surface area contributed by atoms with Gasteiger partial charge in [0, 0.05) is 33.9 Å². The molecule has 0 unspecified atom stereocenters. The van der Waals surface area contributed by atoms with Crippen LogP contribution in [0.2, 0.25) is 0 Å². The van der Waals surface area contributed by atoms with Crippen LogP contribution in [0.25, 0.3) is 55.6 Å². The van der Waals surface area contributed by atoms with Crippen molar-refractivity contribution in [2.75, 3.05) is 9.80 Å². The number of hydrogen-bond donors (Lipinski definition) is 0. The molecule has 5 heteroatoms. The molecule has 0 saturated heterocycles. The smallest absolute Gasteiger partial charge is 0.252 e. The molecule has 18 rings (SSSR count). The minimum atomic E-state index is -3.41. The van der Waals surface area contributed by atoms with Gasteiger partial charge in [-0.3, -0.25) is 0 Å². The summed E-state index contributed by atoms with van der Waals surface area (Å²) in [5.41, 5.74) is 19.4. The van der Waals surface area contributed by atoms with Crippen LogP contribution < -0.4 is 67.7 Å². The molecule has 16 aromatic carbocycles. The summed E-state index contributed by atoms with van der Waals surface area (Å²) in [6, 6.07) is 140. The van der Waals surface area contributed by atoms with Crippen LogP contribution in [0.4, 0.5) is 34.1 Å². The molecule has 2 heterocycles. The molecular weight excluding hydrogens is 1300 g/mol. The molecule has 0 atom stereocenters. The number of para-hydroxylation sites is 1. The SMILES string of the molecule is [2H]c1c([2H])c([2H])c(-c2ccc(N3c4cc([Si](c5ccccc5)(c5ccccc5)c5cccc(-c6ccccc6)c5)ccc4B4c5ccc([Si](c6ccccc6)(c6ccccc6)c6cccc(-c7ccccc7)c6)cc5N(c5ccccc5-c5ccccc5)c5cc(C(C)(C)C)cc3c54)c(-c3ccccc3)c2)c([2H])c1[2H]. The lowest BCUT2D eigenvalue weighted by Gasteiger charge is -2.47. The van der Waals surface area contributed by atoms with E-state index in [1.165, 1.54) is 41.5 Å². The Morgan fingerprint density at radius 1 is 0.248 bits per heavy atom. The summed E-state index contributed by atoms with van der Waals surface area (Å²) in [5.74, 6) is 0. The van der Waals surface area contributed by atoms with Gasteiger partial charge in [0.25, 0.3) is 6.71 Å². The number of rotatable bonds is 15. The van der Waals surface area contributed by atoms with E-state index < -0.39 is 27.6 Å². The van der Waals surface area contributed by atoms with Crippen molar-refractivity contribution in [2.24, 2.45) is 0 Å². The molecule has 0 aliphatic carbocycles. The van der Waals surface area contributed by atoms with Crippen molar-refractivity contribution < 1.29 is 6.85 Å². The summed E-state index contributed by atoms with van der Waals surface area (Å²) in [7, 11) is -6.75. The van der Waals surface area contributed by atoms with Gasteiger partial charge in [0.2, 0.25) is 0 Å². The Balaban J connectivity index is 0.997. The fourth-order valence-corrected chi connectivity index (χ4v) is 26.5. The first kappa shape index (κ1) is 59.2. The maximum Gasteiger partial charge on any atom is 0.252 e. The van der Waals surface area contributed by atoms with Gasteiger partial charge in [-0.2, -0.15) is 0 Å². The first-order valence-electron chi connectivity index (χ1n) is 38.8. The zero-order chi connectivity index (χ0) is 74.8. The van der Waals surface area contributed by atoms with Crippen molar-refractivity contribution in [1.29, 1.82) is 0 Å².